The Morgan fingerprint density at radius 1 is 1.26 bits per heavy atom. The molecule has 2 N–H and O–H groups in total. The van der Waals surface area contributed by atoms with Crippen molar-refractivity contribution in [2.45, 2.75) is 70.5 Å². The quantitative estimate of drug-likeness (QED) is 0.605. The number of hydrogen-bond donors (Lipinski definition) is 2. The maximum atomic E-state index is 11.7. The average Bonchev–Trinajstić information content (AvgIpc) is 2.90. The van der Waals surface area contributed by atoms with Gasteiger partial charge in [0.1, 0.15) is 6.10 Å². The Morgan fingerprint density at radius 3 is 2.83 bits per heavy atom. The molecule has 0 bridgehead atoms. The van der Waals surface area contributed by atoms with Crippen molar-refractivity contribution in [3.8, 4) is 0 Å². The molecule has 2 fully saturated rings. The van der Waals surface area contributed by atoms with E-state index in [-0.39, 0.29) is 23.4 Å². The number of allylic oxidation sites excluding steroid dienone is 3. The van der Waals surface area contributed by atoms with Crippen molar-refractivity contribution in [3.63, 3.8) is 0 Å². The SMILES string of the molecule is CC[C@]12CC(OO)C3=C4CCC(=O)C=C4CC[C@H]3[C@@H]1CC[C@@H]2O. The number of aliphatic hydroxyl groups excluding tert-OH is 1. The first kappa shape index (κ1) is 15.6. The third-order valence-electron chi connectivity index (χ3n) is 7.15. The van der Waals surface area contributed by atoms with Gasteiger partial charge in [0.2, 0.25) is 0 Å². The Kier molecular flexibility index (Phi) is 3.74. The molecule has 0 saturated heterocycles. The van der Waals surface area contributed by atoms with E-state index in [1.807, 2.05) is 6.08 Å². The van der Waals surface area contributed by atoms with Crippen molar-refractivity contribution in [2.24, 2.45) is 17.3 Å². The minimum atomic E-state index is -0.323. The average molecular weight is 318 g/mol. The highest BCUT2D eigenvalue weighted by Crippen LogP contribution is 2.61. The smallest absolute Gasteiger partial charge is 0.156 e. The minimum absolute atomic E-state index is 0.117. The molecule has 5 atom stereocenters. The van der Waals surface area contributed by atoms with E-state index in [1.54, 1.807) is 0 Å². The maximum absolute atomic E-state index is 11.7. The van der Waals surface area contributed by atoms with Crippen LogP contribution in [-0.2, 0) is 9.68 Å². The first-order valence-corrected chi connectivity index (χ1v) is 9.05. The third-order valence-corrected chi connectivity index (χ3v) is 7.15. The maximum Gasteiger partial charge on any atom is 0.156 e. The molecule has 2 saturated carbocycles. The van der Waals surface area contributed by atoms with E-state index in [4.69, 9.17) is 4.89 Å². The van der Waals surface area contributed by atoms with E-state index in [0.717, 1.165) is 44.1 Å². The number of aliphatic hydroxyl groups is 1. The van der Waals surface area contributed by atoms with Crippen LogP contribution in [-0.4, -0.2) is 28.4 Å². The molecule has 0 radical (unpaired) electrons. The zero-order valence-corrected chi connectivity index (χ0v) is 13.8. The summed E-state index contributed by atoms with van der Waals surface area (Å²) in [5.74, 6) is 1.09. The van der Waals surface area contributed by atoms with Crippen LogP contribution in [0, 0.1) is 17.3 Å². The standard InChI is InChI=1S/C19H26O4/c1-2-19-10-16(23-22)18-13-6-4-12(20)9-11(13)3-5-14(18)15(19)7-8-17(19)21/h9,14-17,21-22H,2-8,10H2,1H3/t14-,15-,16?,17-,19-/m0/s1. The van der Waals surface area contributed by atoms with Crippen LogP contribution < -0.4 is 0 Å². The van der Waals surface area contributed by atoms with E-state index in [0.29, 0.717) is 24.7 Å². The summed E-state index contributed by atoms with van der Waals surface area (Å²) in [7, 11) is 0. The minimum Gasteiger partial charge on any atom is -0.393 e. The van der Waals surface area contributed by atoms with Gasteiger partial charge in [0.25, 0.3) is 0 Å². The molecular weight excluding hydrogens is 292 g/mol. The first-order chi connectivity index (χ1) is 11.1. The van der Waals surface area contributed by atoms with Crippen molar-refractivity contribution in [3.05, 3.63) is 22.8 Å². The molecule has 4 aliphatic rings. The second kappa shape index (κ2) is 5.54. The van der Waals surface area contributed by atoms with E-state index < -0.39 is 0 Å². The van der Waals surface area contributed by atoms with Crippen LogP contribution in [0.25, 0.3) is 0 Å². The third kappa shape index (κ3) is 2.11. The van der Waals surface area contributed by atoms with Gasteiger partial charge in [0, 0.05) is 11.8 Å². The molecule has 0 heterocycles. The number of hydrogen-bond acceptors (Lipinski definition) is 4. The Labute approximate surface area is 137 Å². The van der Waals surface area contributed by atoms with Crippen LogP contribution >= 0.6 is 0 Å². The summed E-state index contributed by atoms with van der Waals surface area (Å²) >= 11 is 0. The van der Waals surface area contributed by atoms with Gasteiger partial charge < -0.3 is 5.11 Å². The summed E-state index contributed by atoms with van der Waals surface area (Å²) in [5, 5.41) is 20.2. The molecule has 4 heteroatoms. The van der Waals surface area contributed by atoms with Crippen molar-refractivity contribution < 1.29 is 20.0 Å². The molecule has 4 nitrogen and oxygen atoms in total. The lowest BCUT2D eigenvalue weighted by atomic mass is 9.55. The summed E-state index contributed by atoms with van der Waals surface area (Å²) in [5.41, 5.74) is 3.55. The number of fused-ring (bicyclic) bond motifs is 4. The highest BCUT2D eigenvalue weighted by molar-refractivity contribution is 5.93. The summed E-state index contributed by atoms with van der Waals surface area (Å²) in [6.07, 6.45) is 8.05. The Morgan fingerprint density at radius 2 is 2.09 bits per heavy atom. The monoisotopic (exact) mass is 318 g/mol. The molecule has 0 aromatic rings. The number of carbonyl (C=O) groups excluding carboxylic acids is 1. The van der Waals surface area contributed by atoms with Crippen LogP contribution in [0.1, 0.15) is 58.3 Å². The Balaban J connectivity index is 1.81. The van der Waals surface area contributed by atoms with Crippen LogP contribution in [0.15, 0.2) is 22.8 Å². The zero-order chi connectivity index (χ0) is 16.2. The normalized spacial score (nSPS) is 42.9. The molecule has 0 amide bonds. The number of ketones is 1. The topological polar surface area (TPSA) is 66.8 Å². The van der Waals surface area contributed by atoms with Crippen molar-refractivity contribution in [1.29, 1.82) is 0 Å². The summed E-state index contributed by atoms with van der Waals surface area (Å²) in [6.45, 7) is 2.15. The van der Waals surface area contributed by atoms with Gasteiger partial charge in [-0.05, 0) is 79.6 Å². The highest BCUT2D eigenvalue weighted by Gasteiger charge is 2.58. The summed E-state index contributed by atoms with van der Waals surface area (Å²) in [6, 6.07) is 0. The number of carbonyl (C=O) groups is 1. The fraction of sp³-hybridized carbons (Fsp3) is 0.737. The lowest BCUT2D eigenvalue weighted by Gasteiger charge is -2.51. The van der Waals surface area contributed by atoms with E-state index >= 15 is 0 Å². The second-order valence-electron chi connectivity index (χ2n) is 7.80. The van der Waals surface area contributed by atoms with Gasteiger partial charge in [-0.25, -0.2) is 4.89 Å². The Hall–Kier alpha value is -0.970. The number of rotatable bonds is 2. The van der Waals surface area contributed by atoms with Gasteiger partial charge in [-0.2, -0.15) is 0 Å². The molecule has 4 aliphatic carbocycles. The molecular formula is C19H26O4. The molecule has 23 heavy (non-hydrogen) atoms. The highest BCUT2D eigenvalue weighted by atomic mass is 17.1. The predicted octanol–water partition coefficient (Wildman–Crippen LogP) is 3.41. The van der Waals surface area contributed by atoms with Gasteiger partial charge in [0.05, 0.1) is 6.10 Å². The predicted molar refractivity (Wildman–Crippen MR) is 85.6 cm³/mol. The van der Waals surface area contributed by atoms with Crippen LogP contribution in [0.2, 0.25) is 0 Å². The Bertz CT molecular complexity index is 590. The van der Waals surface area contributed by atoms with Gasteiger partial charge >= 0.3 is 0 Å². The van der Waals surface area contributed by atoms with Crippen LogP contribution in [0.3, 0.4) is 0 Å². The van der Waals surface area contributed by atoms with Crippen LogP contribution in [0.5, 0.6) is 0 Å². The fourth-order valence-corrected chi connectivity index (χ4v) is 6.10. The second-order valence-corrected chi connectivity index (χ2v) is 7.80. The van der Waals surface area contributed by atoms with Crippen molar-refractivity contribution >= 4 is 5.78 Å². The molecule has 0 spiro atoms. The van der Waals surface area contributed by atoms with E-state index in [1.165, 1.54) is 11.1 Å². The molecule has 126 valence electrons. The molecule has 0 aromatic carbocycles. The zero-order valence-electron chi connectivity index (χ0n) is 13.8. The molecule has 0 aromatic heterocycles. The van der Waals surface area contributed by atoms with E-state index in [9.17, 15) is 15.2 Å². The molecule has 4 rings (SSSR count). The van der Waals surface area contributed by atoms with E-state index in [2.05, 4.69) is 6.92 Å². The fourth-order valence-electron chi connectivity index (χ4n) is 6.10. The lowest BCUT2D eigenvalue weighted by Crippen LogP contribution is -2.49. The van der Waals surface area contributed by atoms with Gasteiger partial charge in [-0.3, -0.25) is 10.1 Å². The first-order valence-electron chi connectivity index (χ1n) is 9.05. The summed E-state index contributed by atoms with van der Waals surface area (Å²) in [4.78, 5) is 16.7. The molecule has 1 unspecified atom stereocenters. The lowest BCUT2D eigenvalue weighted by molar-refractivity contribution is -0.285. The van der Waals surface area contributed by atoms with Gasteiger partial charge in [-0.15, -0.1) is 0 Å². The van der Waals surface area contributed by atoms with Gasteiger partial charge in [0.15, 0.2) is 5.78 Å². The van der Waals surface area contributed by atoms with Crippen molar-refractivity contribution in [1.82, 2.24) is 0 Å². The van der Waals surface area contributed by atoms with Crippen LogP contribution in [0.4, 0.5) is 0 Å². The summed E-state index contributed by atoms with van der Waals surface area (Å²) < 4.78 is 0. The van der Waals surface area contributed by atoms with Gasteiger partial charge in [-0.1, -0.05) is 6.92 Å². The largest absolute Gasteiger partial charge is 0.393 e. The van der Waals surface area contributed by atoms with Crippen molar-refractivity contribution in [2.75, 3.05) is 0 Å². The molecule has 0 aliphatic heterocycles.